The lowest BCUT2D eigenvalue weighted by atomic mass is 10.0. The maximum absolute atomic E-state index is 13.8. The third-order valence-corrected chi connectivity index (χ3v) is 4.04. The number of benzene rings is 2. The van der Waals surface area contributed by atoms with Crippen molar-refractivity contribution in [2.24, 2.45) is 0 Å². The fourth-order valence-electron chi connectivity index (χ4n) is 2.67. The van der Waals surface area contributed by atoms with Crippen molar-refractivity contribution in [2.75, 3.05) is 0 Å². The lowest BCUT2D eigenvalue weighted by Gasteiger charge is -2.21. The monoisotopic (exact) mass is 390 g/mol. The Kier molecular flexibility index (Phi) is 7.20. The average Bonchev–Trinajstić information content (AvgIpc) is 2.63. The van der Waals surface area contributed by atoms with Crippen LogP contribution in [0.15, 0.2) is 48.5 Å². The highest BCUT2D eigenvalue weighted by molar-refractivity contribution is 5.90. The minimum atomic E-state index is -1.38. The normalized spacial score (nSPS) is 12.7. The number of rotatable bonds is 8. The van der Waals surface area contributed by atoms with Crippen molar-refractivity contribution in [2.45, 2.75) is 31.8 Å². The molecule has 3 N–H and O–H groups in total. The zero-order chi connectivity index (χ0) is 20.7. The summed E-state index contributed by atoms with van der Waals surface area (Å²) in [5.74, 6) is -3.57. The van der Waals surface area contributed by atoms with E-state index in [0.29, 0.717) is 5.56 Å². The number of amides is 2. The van der Waals surface area contributed by atoms with E-state index in [0.717, 1.165) is 0 Å². The molecule has 0 saturated heterocycles. The quantitative estimate of drug-likeness (QED) is 0.641. The van der Waals surface area contributed by atoms with Crippen LogP contribution >= 0.6 is 0 Å². The first-order chi connectivity index (χ1) is 13.3. The van der Waals surface area contributed by atoms with Crippen molar-refractivity contribution in [3.63, 3.8) is 0 Å². The molecule has 2 aromatic carbocycles. The lowest BCUT2D eigenvalue weighted by Crippen LogP contribution is -2.52. The third-order valence-electron chi connectivity index (χ3n) is 4.04. The Morgan fingerprint density at radius 3 is 2.14 bits per heavy atom. The number of aliphatic carboxylic acids is 1. The van der Waals surface area contributed by atoms with Crippen LogP contribution in [0.4, 0.5) is 8.78 Å². The first-order valence-corrected chi connectivity index (χ1v) is 8.54. The molecule has 2 aromatic rings. The number of hydrogen-bond donors (Lipinski definition) is 3. The summed E-state index contributed by atoms with van der Waals surface area (Å²) in [6, 6.07) is 8.59. The van der Waals surface area contributed by atoms with E-state index in [1.165, 1.54) is 49.4 Å². The first kappa shape index (κ1) is 21.0. The van der Waals surface area contributed by atoms with Gasteiger partial charge in [-0.15, -0.1) is 0 Å². The van der Waals surface area contributed by atoms with Crippen LogP contribution in [0.25, 0.3) is 0 Å². The molecule has 0 bridgehead atoms. The second-order valence-electron chi connectivity index (χ2n) is 6.28. The molecule has 0 fully saturated rings. The minimum Gasteiger partial charge on any atom is -0.480 e. The van der Waals surface area contributed by atoms with Gasteiger partial charge in [0.1, 0.15) is 23.7 Å². The predicted molar refractivity (Wildman–Crippen MR) is 97.4 cm³/mol. The van der Waals surface area contributed by atoms with Gasteiger partial charge in [0, 0.05) is 19.8 Å². The Morgan fingerprint density at radius 2 is 1.57 bits per heavy atom. The van der Waals surface area contributed by atoms with E-state index in [9.17, 15) is 28.3 Å². The van der Waals surface area contributed by atoms with Gasteiger partial charge in [-0.25, -0.2) is 13.6 Å². The molecule has 0 aliphatic rings. The summed E-state index contributed by atoms with van der Waals surface area (Å²) in [6.07, 6.45) is -0.213. The molecule has 28 heavy (non-hydrogen) atoms. The van der Waals surface area contributed by atoms with Crippen LogP contribution < -0.4 is 10.6 Å². The van der Waals surface area contributed by atoms with Crippen LogP contribution in [-0.2, 0) is 27.2 Å². The molecule has 0 spiro atoms. The SMILES string of the molecule is CC(=O)N[C@H](Cc1ccc(F)cc1)C(=O)N[C@@H](Cc1ccccc1F)C(=O)O. The number of carbonyl (C=O) groups excluding carboxylic acids is 2. The van der Waals surface area contributed by atoms with Crippen molar-refractivity contribution in [3.05, 3.63) is 71.3 Å². The summed E-state index contributed by atoms with van der Waals surface area (Å²) in [5.41, 5.74) is 0.723. The van der Waals surface area contributed by atoms with Crippen molar-refractivity contribution in [3.8, 4) is 0 Å². The lowest BCUT2D eigenvalue weighted by molar-refractivity contribution is -0.142. The smallest absolute Gasteiger partial charge is 0.326 e. The molecule has 2 rings (SSSR count). The number of hydrogen-bond acceptors (Lipinski definition) is 3. The van der Waals surface area contributed by atoms with Crippen molar-refractivity contribution in [1.29, 1.82) is 0 Å². The fourth-order valence-corrected chi connectivity index (χ4v) is 2.67. The molecular formula is C20H20F2N2O4. The number of carboxylic acid groups (broad SMARTS) is 1. The van der Waals surface area contributed by atoms with Crippen LogP contribution in [0.5, 0.6) is 0 Å². The second kappa shape index (κ2) is 9.59. The van der Waals surface area contributed by atoms with E-state index < -0.39 is 41.5 Å². The van der Waals surface area contributed by atoms with E-state index in [4.69, 9.17) is 0 Å². The van der Waals surface area contributed by atoms with E-state index in [-0.39, 0.29) is 18.4 Å². The summed E-state index contributed by atoms with van der Waals surface area (Å²) >= 11 is 0. The molecule has 0 heterocycles. The maximum Gasteiger partial charge on any atom is 0.326 e. The highest BCUT2D eigenvalue weighted by atomic mass is 19.1. The van der Waals surface area contributed by atoms with Gasteiger partial charge in [-0.05, 0) is 29.3 Å². The summed E-state index contributed by atoms with van der Waals surface area (Å²) in [6.45, 7) is 1.22. The second-order valence-corrected chi connectivity index (χ2v) is 6.28. The van der Waals surface area contributed by atoms with Crippen molar-refractivity contribution >= 4 is 17.8 Å². The molecule has 2 amide bonds. The standard InChI is InChI=1S/C20H20F2N2O4/c1-12(25)23-17(10-13-6-8-15(21)9-7-13)19(26)24-18(20(27)28)11-14-4-2-3-5-16(14)22/h2-9,17-18H,10-11H2,1H3,(H,23,25)(H,24,26)(H,27,28)/t17-,18+/m1/s1. The van der Waals surface area contributed by atoms with Gasteiger partial charge in [-0.1, -0.05) is 30.3 Å². The summed E-state index contributed by atoms with van der Waals surface area (Å²) < 4.78 is 26.9. The van der Waals surface area contributed by atoms with Gasteiger partial charge < -0.3 is 15.7 Å². The van der Waals surface area contributed by atoms with Gasteiger partial charge in [0.2, 0.25) is 11.8 Å². The number of carboxylic acids is 1. The van der Waals surface area contributed by atoms with Crippen molar-refractivity contribution in [1.82, 2.24) is 10.6 Å². The Hall–Kier alpha value is -3.29. The van der Waals surface area contributed by atoms with Gasteiger partial charge >= 0.3 is 5.97 Å². The van der Waals surface area contributed by atoms with Crippen LogP contribution in [0.3, 0.4) is 0 Å². The van der Waals surface area contributed by atoms with Crippen LogP contribution in [0, 0.1) is 11.6 Å². The minimum absolute atomic E-state index is 0.0394. The summed E-state index contributed by atoms with van der Waals surface area (Å²) in [7, 11) is 0. The molecule has 0 aromatic heterocycles. The zero-order valence-electron chi connectivity index (χ0n) is 15.1. The number of carbonyl (C=O) groups is 3. The van der Waals surface area contributed by atoms with Crippen molar-refractivity contribution < 1.29 is 28.3 Å². The Morgan fingerprint density at radius 1 is 0.929 bits per heavy atom. The van der Waals surface area contributed by atoms with E-state index in [1.54, 1.807) is 6.07 Å². The molecule has 0 aliphatic heterocycles. The van der Waals surface area contributed by atoms with E-state index in [1.807, 2.05) is 0 Å². The number of halogens is 2. The average molecular weight is 390 g/mol. The molecule has 8 heteroatoms. The third kappa shape index (κ3) is 6.15. The molecule has 2 atom stereocenters. The topological polar surface area (TPSA) is 95.5 Å². The molecular weight excluding hydrogens is 370 g/mol. The van der Waals surface area contributed by atoms with Crippen LogP contribution in [0.2, 0.25) is 0 Å². The van der Waals surface area contributed by atoms with E-state index >= 15 is 0 Å². The predicted octanol–water partition coefficient (Wildman–Crippen LogP) is 1.82. The van der Waals surface area contributed by atoms with Crippen LogP contribution in [0.1, 0.15) is 18.1 Å². The largest absolute Gasteiger partial charge is 0.480 e. The molecule has 6 nitrogen and oxygen atoms in total. The van der Waals surface area contributed by atoms with Gasteiger partial charge in [0.15, 0.2) is 0 Å². The van der Waals surface area contributed by atoms with Gasteiger partial charge in [0.25, 0.3) is 0 Å². The molecule has 0 radical (unpaired) electrons. The van der Waals surface area contributed by atoms with E-state index in [2.05, 4.69) is 10.6 Å². The Balaban J connectivity index is 2.14. The van der Waals surface area contributed by atoms with Gasteiger partial charge in [-0.3, -0.25) is 9.59 Å². The Bertz CT molecular complexity index is 856. The highest BCUT2D eigenvalue weighted by Crippen LogP contribution is 2.11. The fraction of sp³-hybridized carbons (Fsp3) is 0.250. The zero-order valence-corrected chi connectivity index (χ0v) is 15.1. The van der Waals surface area contributed by atoms with Crippen LogP contribution in [-0.4, -0.2) is 35.0 Å². The Labute approximate surface area is 160 Å². The maximum atomic E-state index is 13.8. The molecule has 0 aliphatic carbocycles. The first-order valence-electron chi connectivity index (χ1n) is 8.54. The van der Waals surface area contributed by atoms with Gasteiger partial charge in [0.05, 0.1) is 0 Å². The number of nitrogens with one attached hydrogen (secondary N) is 2. The summed E-state index contributed by atoms with van der Waals surface area (Å²) in [4.78, 5) is 35.5. The molecule has 148 valence electrons. The van der Waals surface area contributed by atoms with Gasteiger partial charge in [-0.2, -0.15) is 0 Å². The summed E-state index contributed by atoms with van der Waals surface area (Å²) in [5, 5.41) is 14.2. The highest BCUT2D eigenvalue weighted by Gasteiger charge is 2.27. The molecule has 0 unspecified atom stereocenters. The molecule has 0 saturated carbocycles.